The fraction of sp³-hybridized carbons (Fsp3) is 0.0769. The Balaban J connectivity index is 0.000000234. The van der Waals surface area contributed by atoms with Gasteiger partial charge in [-0.15, -0.1) is 12.4 Å². The normalized spacial score (nSPS) is 11.4. The second-order valence-corrected chi connectivity index (χ2v) is 7.86. The van der Waals surface area contributed by atoms with E-state index in [1.165, 1.54) is 0 Å². The SMILES string of the molecule is Cl.Nc1ccccc1C(=O)Cc1cnccc1Cl.O=C1Cc2cnccc2Nc2ccccc21.[2HH]. The van der Waals surface area contributed by atoms with Crippen LogP contribution < -0.4 is 11.1 Å². The van der Waals surface area contributed by atoms with Gasteiger partial charge in [0, 0.05) is 77.8 Å². The largest absolute Gasteiger partial charge is 0.398 e. The summed E-state index contributed by atoms with van der Waals surface area (Å²) in [5.41, 5.74) is 11.0. The third-order valence-electron chi connectivity index (χ3n) is 5.21. The first kappa shape index (κ1) is 24.9. The van der Waals surface area contributed by atoms with Crippen LogP contribution in [0.25, 0.3) is 0 Å². The van der Waals surface area contributed by atoms with Crippen molar-refractivity contribution in [3.05, 3.63) is 113 Å². The maximum Gasteiger partial charge on any atom is 0.169 e. The van der Waals surface area contributed by atoms with E-state index in [4.69, 9.17) is 17.3 Å². The molecule has 0 aliphatic carbocycles. The van der Waals surface area contributed by atoms with E-state index in [2.05, 4.69) is 15.3 Å². The van der Waals surface area contributed by atoms with Gasteiger partial charge in [-0.25, -0.2) is 0 Å². The molecule has 3 N–H and O–H groups in total. The Labute approximate surface area is 210 Å². The highest BCUT2D eigenvalue weighted by Gasteiger charge is 2.18. The molecule has 174 valence electrons. The van der Waals surface area contributed by atoms with Crippen molar-refractivity contribution in [2.45, 2.75) is 12.8 Å². The van der Waals surface area contributed by atoms with Crippen LogP contribution in [0.3, 0.4) is 0 Å². The number of nitrogens with one attached hydrogen (secondary N) is 1. The molecule has 0 saturated carbocycles. The zero-order valence-electron chi connectivity index (χ0n) is 18.1. The first-order valence-electron chi connectivity index (χ1n) is 10.3. The lowest BCUT2D eigenvalue weighted by Gasteiger charge is -2.07. The number of nitrogen functional groups attached to an aromatic ring is 1. The zero-order chi connectivity index (χ0) is 23.2. The molecule has 0 radical (unpaired) electrons. The number of aromatic nitrogens is 2. The Morgan fingerprint density at radius 3 is 2.47 bits per heavy atom. The number of pyridine rings is 2. The molecule has 0 amide bonds. The lowest BCUT2D eigenvalue weighted by atomic mass is 10.0. The molecule has 0 fully saturated rings. The van der Waals surface area contributed by atoms with Crippen LogP contribution in [0.15, 0.2) is 85.5 Å². The molecule has 3 heterocycles. The number of hydrogen-bond acceptors (Lipinski definition) is 6. The summed E-state index contributed by atoms with van der Waals surface area (Å²) in [6.45, 7) is 0. The topological polar surface area (TPSA) is 98.0 Å². The number of nitrogens with two attached hydrogens (primary N) is 1. The van der Waals surface area contributed by atoms with Crippen LogP contribution in [-0.2, 0) is 12.8 Å². The summed E-state index contributed by atoms with van der Waals surface area (Å²) >= 11 is 5.97. The molecule has 2 aromatic carbocycles. The van der Waals surface area contributed by atoms with Gasteiger partial charge in [0.25, 0.3) is 0 Å². The number of fused-ring (bicyclic) bond motifs is 2. The molecule has 0 unspecified atom stereocenters. The molecule has 0 spiro atoms. The number of anilines is 3. The van der Waals surface area contributed by atoms with Crippen molar-refractivity contribution < 1.29 is 11.0 Å². The Hall–Kier alpha value is -3.74. The summed E-state index contributed by atoms with van der Waals surface area (Å²) in [7, 11) is 0. The third kappa shape index (κ3) is 5.78. The molecule has 0 atom stereocenters. The molecule has 0 bridgehead atoms. The number of benzene rings is 2. The molecule has 1 aliphatic rings. The van der Waals surface area contributed by atoms with Gasteiger partial charge in [-0.3, -0.25) is 19.6 Å². The first-order chi connectivity index (χ1) is 16.0. The van der Waals surface area contributed by atoms with Gasteiger partial charge in [0.1, 0.15) is 0 Å². The summed E-state index contributed by atoms with van der Waals surface area (Å²) in [6.07, 6.45) is 7.27. The predicted molar refractivity (Wildman–Crippen MR) is 139 cm³/mol. The van der Waals surface area contributed by atoms with Crippen LogP contribution in [-0.4, -0.2) is 21.5 Å². The molecular weight excluding hydrogens is 471 g/mol. The van der Waals surface area contributed by atoms with Crippen LogP contribution in [0.2, 0.25) is 5.02 Å². The quantitative estimate of drug-likeness (QED) is 0.268. The minimum Gasteiger partial charge on any atom is -0.398 e. The van der Waals surface area contributed by atoms with Crippen molar-refractivity contribution in [1.82, 2.24) is 9.97 Å². The van der Waals surface area contributed by atoms with Crippen LogP contribution in [0.4, 0.5) is 17.1 Å². The number of rotatable bonds is 3. The van der Waals surface area contributed by atoms with E-state index in [1.54, 1.807) is 55.1 Å². The standard InChI is InChI=1S/C13H11ClN2O.C13H10N2O.ClH.H2/c14-11-5-6-16-8-9(11)7-13(17)10-3-1-2-4-12(10)15;16-13-7-9-8-14-6-5-11(9)15-12-4-2-1-3-10(12)13;;/h1-6,8H,7,15H2;1-6,8,15H,7H2;2*1H/i;;;1+1. The number of halogens is 2. The molecule has 6 nitrogen and oxygen atoms in total. The maximum absolute atomic E-state index is 12.0. The summed E-state index contributed by atoms with van der Waals surface area (Å²) in [5, 5.41) is 3.82. The van der Waals surface area contributed by atoms with Gasteiger partial charge in [-0.05, 0) is 42.0 Å². The van der Waals surface area contributed by atoms with Gasteiger partial charge in [-0.1, -0.05) is 35.9 Å². The highest BCUT2D eigenvalue weighted by Crippen LogP contribution is 2.28. The Morgan fingerprint density at radius 1 is 0.971 bits per heavy atom. The van der Waals surface area contributed by atoms with Crippen molar-refractivity contribution in [3.8, 4) is 0 Å². The third-order valence-corrected chi connectivity index (χ3v) is 5.58. The summed E-state index contributed by atoms with van der Waals surface area (Å²) in [5.74, 6) is 0.0767. The lowest BCUT2D eigenvalue weighted by molar-refractivity contribution is 0.0986. The Kier molecular flexibility index (Phi) is 8.35. The second kappa shape index (κ2) is 11.4. The highest BCUT2D eigenvalue weighted by atomic mass is 35.5. The van der Waals surface area contributed by atoms with Gasteiger partial charge in [0.2, 0.25) is 0 Å². The number of ketones is 2. The van der Waals surface area contributed by atoms with Crippen molar-refractivity contribution in [2.24, 2.45) is 0 Å². The molecular formula is C26H24Cl2N4O2. The number of carbonyl (C=O) groups excluding carboxylic acids is 2. The van der Waals surface area contributed by atoms with E-state index in [0.717, 1.165) is 22.5 Å². The molecule has 4 aromatic rings. The highest BCUT2D eigenvalue weighted by molar-refractivity contribution is 6.31. The van der Waals surface area contributed by atoms with Crippen molar-refractivity contribution >= 4 is 52.6 Å². The Morgan fingerprint density at radius 2 is 1.68 bits per heavy atom. The molecule has 34 heavy (non-hydrogen) atoms. The average molecular weight is 496 g/mol. The van der Waals surface area contributed by atoms with Crippen molar-refractivity contribution in [2.75, 3.05) is 11.1 Å². The van der Waals surface area contributed by atoms with Crippen LogP contribution in [0.1, 0.15) is 33.3 Å². The Bertz CT molecular complexity index is 1330. The van der Waals surface area contributed by atoms with Crippen LogP contribution in [0.5, 0.6) is 0 Å². The van der Waals surface area contributed by atoms with Gasteiger partial charge < -0.3 is 11.1 Å². The number of nitrogens with zero attached hydrogens (tertiary/aromatic N) is 2. The molecule has 8 heteroatoms. The van der Waals surface area contributed by atoms with Gasteiger partial charge in [0.05, 0.1) is 0 Å². The number of hydrogen-bond donors (Lipinski definition) is 2. The first-order valence-corrected chi connectivity index (χ1v) is 10.7. The van der Waals surface area contributed by atoms with E-state index in [1.807, 2.05) is 30.3 Å². The molecule has 0 saturated heterocycles. The second-order valence-electron chi connectivity index (χ2n) is 7.46. The van der Waals surface area contributed by atoms with E-state index in [9.17, 15) is 9.59 Å². The molecule has 2 aromatic heterocycles. The van der Waals surface area contributed by atoms with Gasteiger partial charge >= 0.3 is 0 Å². The smallest absolute Gasteiger partial charge is 0.169 e. The summed E-state index contributed by atoms with van der Waals surface area (Å²) < 4.78 is 0. The van der Waals surface area contributed by atoms with E-state index >= 15 is 0 Å². The van der Waals surface area contributed by atoms with Crippen molar-refractivity contribution in [1.29, 1.82) is 0 Å². The lowest BCUT2D eigenvalue weighted by Crippen LogP contribution is -2.07. The fourth-order valence-corrected chi connectivity index (χ4v) is 3.67. The van der Waals surface area contributed by atoms with E-state index < -0.39 is 0 Å². The summed E-state index contributed by atoms with van der Waals surface area (Å²) in [4.78, 5) is 32.0. The van der Waals surface area contributed by atoms with Gasteiger partial charge in [0.15, 0.2) is 11.6 Å². The van der Waals surface area contributed by atoms with E-state index in [0.29, 0.717) is 28.3 Å². The average Bonchev–Trinajstić information content (AvgIpc) is 2.97. The minimum atomic E-state index is -0.0574. The van der Waals surface area contributed by atoms with Crippen LogP contribution >= 0.6 is 24.0 Å². The molecule has 1 aliphatic heterocycles. The number of para-hydroxylation sites is 2. The fourth-order valence-electron chi connectivity index (χ4n) is 3.50. The summed E-state index contributed by atoms with van der Waals surface area (Å²) in [6, 6.07) is 18.1. The van der Waals surface area contributed by atoms with Gasteiger partial charge in [-0.2, -0.15) is 0 Å². The van der Waals surface area contributed by atoms with Crippen molar-refractivity contribution in [3.63, 3.8) is 0 Å². The van der Waals surface area contributed by atoms with Crippen LogP contribution in [0, 0.1) is 0 Å². The number of Topliss-reactive ketones (excluding diaryl/α,β-unsaturated/α-hetero) is 2. The predicted octanol–water partition coefficient (Wildman–Crippen LogP) is 5.97. The zero-order valence-corrected chi connectivity index (χ0v) is 19.6. The molecule has 5 rings (SSSR count). The monoisotopic (exact) mass is 495 g/mol. The maximum atomic E-state index is 12.0. The minimum absolute atomic E-state index is 0. The number of carbonyl (C=O) groups is 2. The van der Waals surface area contributed by atoms with E-state index in [-0.39, 0.29) is 31.8 Å².